The Balaban J connectivity index is 1.29. The molecular weight excluding hydrogens is 603 g/mol. The fourth-order valence-electron chi connectivity index (χ4n) is 8.28. The van der Waals surface area contributed by atoms with E-state index >= 15 is 4.39 Å². The van der Waals surface area contributed by atoms with Crippen LogP contribution in [0.15, 0.2) is 30.5 Å². The summed E-state index contributed by atoms with van der Waals surface area (Å²) in [7, 11) is -0.939. The molecule has 1 N–H and O–H groups in total. The first-order valence-electron chi connectivity index (χ1n) is 15.7. The number of pyridine rings is 1. The van der Waals surface area contributed by atoms with Crippen molar-refractivity contribution in [1.82, 2.24) is 19.9 Å². The second kappa shape index (κ2) is 10.8. The lowest BCUT2D eigenvalue weighted by Crippen LogP contribution is -2.47. The van der Waals surface area contributed by atoms with Crippen LogP contribution in [0.3, 0.4) is 0 Å². The van der Waals surface area contributed by atoms with Gasteiger partial charge in [0.2, 0.25) is 0 Å². The predicted octanol–water partition coefficient (Wildman–Crippen LogP) is 5.45. The zero-order chi connectivity index (χ0) is 31.0. The van der Waals surface area contributed by atoms with Gasteiger partial charge in [-0.3, -0.25) is 14.1 Å². The zero-order valence-corrected chi connectivity index (χ0v) is 25.8. The van der Waals surface area contributed by atoms with E-state index < -0.39 is 34.1 Å². The van der Waals surface area contributed by atoms with Crippen LogP contribution >= 0.6 is 0 Å². The van der Waals surface area contributed by atoms with Crippen LogP contribution in [-0.2, 0) is 17.2 Å². The molecule has 2 aromatic carbocycles. The van der Waals surface area contributed by atoms with Crippen molar-refractivity contribution in [1.29, 1.82) is 0 Å². The zero-order valence-electron chi connectivity index (χ0n) is 24.9. The highest BCUT2D eigenvalue weighted by Gasteiger charge is 2.49. The number of ether oxygens (including phenoxy) is 1. The number of anilines is 1. The van der Waals surface area contributed by atoms with Gasteiger partial charge in [-0.05, 0) is 73.2 Å². The lowest BCUT2D eigenvalue weighted by atomic mass is 9.94. The third kappa shape index (κ3) is 4.66. The van der Waals surface area contributed by atoms with Crippen LogP contribution in [-0.4, -0.2) is 84.2 Å². The molecule has 0 amide bonds. The molecule has 8 rings (SSSR count). The molecule has 2 bridgehead atoms. The molecule has 2 aromatic heterocycles. The number of hydrogen-bond donors (Lipinski definition) is 1. The standard InChI is InChI=1S/C33H34F3N5O3S/c1-2-23-26(35)7-4-18-10-22(42)11-24(27(18)23)29-28(36)30-25(13-37-29)31(41-20-5-6-21(41)16-45(43)15-20)39-32(38-30)44-17-33-8-3-9-40(33)14-19(34)12-33/h4,7,10-11,13,19-21,42H,2-3,5-6,8-9,12,14-17H2,1H3/t19-,20?,21?,33+,45?/m1/s1. The predicted molar refractivity (Wildman–Crippen MR) is 167 cm³/mol. The molecule has 6 heterocycles. The molecule has 8 nitrogen and oxygen atoms in total. The summed E-state index contributed by atoms with van der Waals surface area (Å²) in [6, 6.07) is 5.78. The van der Waals surface area contributed by atoms with Gasteiger partial charge in [0.05, 0.1) is 10.9 Å². The van der Waals surface area contributed by atoms with Gasteiger partial charge in [0.1, 0.15) is 41.4 Å². The number of benzene rings is 2. The maximum absolute atomic E-state index is 16.8. The number of hydrogen-bond acceptors (Lipinski definition) is 8. The molecule has 4 atom stereocenters. The molecule has 236 valence electrons. The summed E-state index contributed by atoms with van der Waals surface area (Å²) in [5.41, 5.74) is 0.142. The first kappa shape index (κ1) is 28.9. The van der Waals surface area contributed by atoms with Crippen molar-refractivity contribution >= 4 is 38.3 Å². The average molecular weight is 638 g/mol. The van der Waals surface area contributed by atoms with E-state index in [1.165, 1.54) is 24.4 Å². The number of nitrogens with zero attached hydrogens (tertiary/aromatic N) is 5. The number of fused-ring (bicyclic) bond motifs is 5. The molecule has 4 aliphatic heterocycles. The van der Waals surface area contributed by atoms with Crippen molar-refractivity contribution in [2.75, 3.05) is 36.1 Å². The number of phenolic OH excluding ortho intramolecular Hbond substituents is 1. The van der Waals surface area contributed by atoms with Crippen LogP contribution < -0.4 is 9.64 Å². The minimum absolute atomic E-state index is 0.00684. The third-order valence-electron chi connectivity index (χ3n) is 10.3. The highest BCUT2D eigenvalue weighted by molar-refractivity contribution is 7.85. The van der Waals surface area contributed by atoms with Crippen molar-refractivity contribution in [3.05, 3.63) is 47.7 Å². The first-order valence-corrected chi connectivity index (χ1v) is 17.2. The molecule has 4 fully saturated rings. The van der Waals surface area contributed by atoms with Gasteiger partial charge >= 0.3 is 6.01 Å². The van der Waals surface area contributed by atoms with Gasteiger partial charge < -0.3 is 14.7 Å². The molecule has 2 unspecified atom stereocenters. The summed E-state index contributed by atoms with van der Waals surface area (Å²) in [5, 5.41) is 12.0. The minimum atomic E-state index is -0.939. The Morgan fingerprint density at radius 2 is 1.96 bits per heavy atom. The summed E-state index contributed by atoms with van der Waals surface area (Å²) in [6.45, 7) is 3.19. The molecule has 0 aliphatic carbocycles. The van der Waals surface area contributed by atoms with Crippen LogP contribution in [0, 0.1) is 11.6 Å². The summed E-state index contributed by atoms with van der Waals surface area (Å²) < 4.78 is 65.1. The van der Waals surface area contributed by atoms with E-state index in [0.29, 0.717) is 58.4 Å². The van der Waals surface area contributed by atoms with Crippen LogP contribution in [0.5, 0.6) is 11.8 Å². The number of aromatic nitrogens is 3. The van der Waals surface area contributed by atoms with Gasteiger partial charge in [0.15, 0.2) is 5.82 Å². The van der Waals surface area contributed by atoms with Crippen LogP contribution in [0.1, 0.15) is 44.6 Å². The summed E-state index contributed by atoms with van der Waals surface area (Å²) in [5.74, 6) is 0.234. The summed E-state index contributed by atoms with van der Waals surface area (Å²) >= 11 is 0. The van der Waals surface area contributed by atoms with E-state index in [0.717, 1.165) is 32.2 Å². The van der Waals surface area contributed by atoms with E-state index in [1.807, 2.05) is 6.92 Å². The van der Waals surface area contributed by atoms with Crippen molar-refractivity contribution in [2.45, 2.75) is 69.2 Å². The van der Waals surface area contributed by atoms with E-state index in [9.17, 15) is 18.1 Å². The van der Waals surface area contributed by atoms with E-state index in [-0.39, 0.29) is 47.2 Å². The fraction of sp³-hybridized carbons (Fsp3) is 0.485. The Hall–Kier alpha value is -3.51. The van der Waals surface area contributed by atoms with Crippen LogP contribution in [0.4, 0.5) is 19.0 Å². The lowest BCUT2D eigenvalue weighted by Gasteiger charge is -2.36. The maximum Gasteiger partial charge on any atom is 0.319 e. The second-order valence-corrected chi connectivity index (χ2v) is 14.5. The topological polar surface area (TPSA) is 91.7 Å². The largest absolute Gasteiger partial charge is 0.508 e. The molecule has 0 saturated carbocycles. The number of aromatic hydroxyl groups is 1. The molecule has 4 saturated heterocycles. The normalized spacial score (nSPS) is 28.0. The van der Waals surface area contributed by atoms with Gasteiger partial charge in [-0.2, -0.15) is 9.97 Å². The number of aryl methyl sites for hydroxylation is 1. The average Bonchev–Trinajstić information content (AvgIpc) is 3.63. The number of halogens is 3. The second-order valence-electron chi connectivity index (χ2n) is 12.9. The Labute approximate surface area is 261 Å². The Morgan fingerprint density at radius 1 is 1.16 bits per heavy atom. The highest BCUT2D eigenvalue weighted by atomic mass is 32.2. The lowest BCUT2D eigenvalue weighted by molar-refractivity contribution is 0.107. The molecule has 4 aromatic rings. The van der Waals surface area contributed by atoms with E-state index in [2.05, 4.69) is 19.8 Å². The van der Waals surface area contributed by atoms with Crippen molar-refractivity contribution in [2.24, 2.45) is 0 Å². The van der Waals surface area contributed by atoms with E-state index in [1.54, 1.807) is 6.07 Å². The van der Waals surface area contributed by atoms with Gasteiger partial charge in [-0.15, -0.1) is 0 Å². The van der Waals surface area contributed by atoms with Gasteiger partial charge in [-0.1, -0.05) is 13.0 Å². The molecule has 45 heavy (non-hydrogen) atoms. The van der Waals surface area contributed by atoms with E-state index in [4.69, 9.17) is 9.72 Å². The van der Waals surface area contributed by atoms with Crippen molar-refractivity contribution < 1.29 is 27.2 Å². The number of rotatable bonds is 6. The van der Waals surface area contributed by atoms with Crippen LogP contribution in [0.2, 0.25) is 0 Å². The SMILES string of the molecule is CCc1c(F)ccc2cc(O)cc(-c3ncc4c(N5C6CCC5CS(=O)C6)nc(OC[C@@]56CCCN5C[C@H](F)C6)nc4c3F)c12. The maximum atomic E-state index is 16.8. The van der Waals surface area contributed by atoms with Gasteiger partial charge in [-0.25, -0.2) is 13.2 Å². The Morgan fingerprint density at radius 3 is 2.73 bits per heavy atom. The minimum Gasteiger partial charge on any atom is -0.508 e. The number of phenols is 1. The van der Waals surface area contributed by atoms with Crippen molar-refractivity contribution in [3.63, 3.8) is 0 Å². The Kier molecular flexibility index (Phi) is 6.94. The summed E-state index contributed by atoms with van der Waals surface area (Å²) in [4.78, 5) is 18.2. The third-order valence-corrected chi connectivity index (χ3v) is 11.8. The quantitative estimate of drug-likeness (QED) is 0.299. The van der Waals surface area contributed by atoms with Gasteiger partial charge in [0, 0.05) is 59.1 Å². The molecule has 0 radical (unpaired) electrons. The molecule has 0 spiro atoms. The smallest absolute Gasteiger partial charge is 0.319 e. The molecular formula is C33H34F3N5O3S. The monoisotopic (exact) mass is 637 g/mol. The molecule has 4 aliphatic rings. The Bertz CT molecular complexity index is 1860. The van der Waals surface area contributed by atoms with Crippen LogP contribution in [0.25, 0.3) is 32.9 Å². The highest BCUT2D eigenvalue weighted by Crippen LogP contribution is 2.43. The summed E-state index contributed by atoms with van der Waals surface area (Å²) in [6.07, 6.45) is 4.80. The van der Waals surface area contributed by atoms with Crippen molar-refractivity contribution in [3.8, 4) is 23.0 Å². The molecule has 12 heteroatoms. The fourth-order valence-corrected chi connectivity index (χ4v) is 9.93. The first-order chi connectivity index (χ1) is 21.7. The van der Waals surface area contributed by atoms with Gasteiger partial charge in [0.25, 0.3) is 0 Å². The number of alkyl halides is 1.